The van der Waals surface area contributed by atoms with Crippen molar-refractivity contribution in [3.05, 3.63) is 60.2 Å². The quantitative estimate of drug-likeness (QED) is 0.728. The number of benzene rings is 2. The van der Waals surface area contributed by atoms with E-state index in [1.165, 1.54) is 12.8 Å². The molecule has 1 saturated carbocycles. The van der Waals surface area contributed by atoms with Crippen molar-refractivity contribution < 1.29 is 14.3 Å². The van der Waals surface area contributed by atoms with E-state index in [9.17, 15) is 4.79 Å². The first-order chi connectivity index (χ1) is 12.2. The number of nitrogens with zero attached hydrogens (tertiary/aromatic N) is 1. The smallest absolute Gasteiger partial charge is 0.253 e. The number of amides is 1. The van der Waals surface area contributed by atoms with Crippen LogP contribution >= 0.6 is 0 Å². The minimum atomic E-state index is 0.000461. The molecule has 3 rings (SSSR count). The minimum absolute atomic E-state index is 0.000461. The van der Waals surface area contributed by atoms with E-state index in [0.29, 0.717) is 12.5 Å². The monoisotopic (exact) mass is 339 g/mol. The number of ether oxygens (including phenoxy) is 2. The van der Waals surface area contributed by atoms with Gasteiger partial charge in [0.15, 0.2) is 0 Å². The molecule has 0 aromatic heterocycles. The van der Waals surface area contributed by atoms with Crippen LogP contribution in [0.4, 0.5) is 5.69 Å². The predicted molar refractivity (Wildman–Crippen MR) is 98.8 cm³/mol. The van der Waals surface area contributed by atoms with E-state index in [4.69, 9.17) is 9.47 Å². The Morgan fingerprint density at radius 2 is 1.80 bits per heavy atom. The van der Waals surface area contributed by atoms with Gasteiger partial charge >= 0.3 is 0 Å². The highest BCUT2D eigenvalue weighted by Gasteiger charge is 2.35. The minimum Gasteiger partial charge on any atom is -0.497 e. The zero-order chi connectivity index (χ0) is 17.6. The molecule has 0 N–H and O–H groups in total. The fraction of sp³-hybridized carbons (Fsp3) is 0.381. The molecule has 4 heteroatoms. The maximum Gasteiger partial charge on any atom is 0.253 e. The summed E-state index contributed by atoms with van der Waals surface area (Å²) in [4.78, 5) is 14.7. The zero-order valence-electron chi connectivity index (χ0n) is 14.9. The first-order valence-electron chi connectivity index (χ1n) is 8.77. The van der Waals surface area contributed by atoms with Crippen molar-refractivity contribution >= 4 is 11.6 Å². The van der Waals surface area contributed by atoms with Crippen LogP contribution in [0.2, 0.25) is 0 Å². The number of hydrogen-bond donors (Lipinski definition) is 0. The van der Waals surface area contributed by atoms with Crippen LogP contribution in [0, 0.1) is 5.92 Å². The van der Waals surface area contributed by atoms with E-state index < -0.39 is 0 Å². The van der Waals surface area contributed by atoms with Crippen molar-refractivity contribution in [1.82, 2.24) is 0 Å². The van der Waals surface area contributed by atoms with Crippen molar-refractivity contribution in [2.24, 2.45) is 5.92 Å². The molecular formula is C21H25NO3. The van der Waals surface area contributed by atoms with Gasteiger partial charge in [-0.3, -0.25) is 4.79 Å². The summed E-state index contributed by atoms with van der Waals surface area (Å²) in [5.41, 5.74) is 1.97. The van der Waals surface area contributed by atoms with Crippen molar-refractivity contribution in [1.29, 1.82) is 0 Å². The Balaban J connectivity index is 1.66. The molecule has 2 aromatic rings. The molecule has 1 aliphatic rings. The second-order valence-corrected chi connectivity index (χ2v) is 6.52. The molecule has 1 amide bonds. The second-order valence-electron chi connectivity index (χ2n) is 6.52. The van der Waals surface area contributed by atoms with Gasteiger partial charge in [-0.1, -0.05) is 30.3 Å². The summed E-state index contributed by atoms with van der Waals surface area (Å²) >= 11 is 0. The summed E-state index contributed by atoms with van der Waals surface area (Å²) in [5.74, 6) is 1.37. The van der Waals surface area contributed by atoms with Gasteiger partial charge in [0.2, 0.25) is 0 Å². The highest BCUT2D eigenvalue weighted by atomic mass is 16.5. The molecule has 132 valence electrons. The average molecular weight is 339 g/mol. The lowest BCUT2D eigenvalue weighted by Gasteiger charge is -2.29. The van der Waals surface area contributed by atoms with Gasteiger partial charge in [-0.25, -0.2) is 0 Å². The Hall–Kier alpha value is -2.33. The van der Waals surface area contributed by atoms with E-state index in [-0.39, 0.29) is 18.6 Å². The molecule has 1 aliphatic carbocycles. The summed E-state index contributed by atoms with van der Waals surface area (Å²) in [6.07, 6.45) is 2.37. The summed E-state index contributed by atoms with van der Waals surface area (Å²) in [5, 5.41) is 0. The van der Waals surface area contributed by atoms with Crippen LogP contribution < -0.4 is 9.64 Å². The summed E-state index contributed by atoms with van der Waals surface area (Å²) in [6, 6.07) is 17.7. The molecule has 2 aromatic carbocycles. The Morgan fingerprint density at radius 1 is 1.12 bits per heavy atom. The third-order valence-corrected chi connectivity index (χ3v) is 4.67. The number of carbonyl (C=O) groups excluding carboxylic acids is 1. The summed E-state index contributed by atoms with van der Waals surface area (Å²) < 4.78 is 10.9. The molecular weight excluding hydrogens is 314 g/mol. The summed E-state index contributed by atoms with van der Waals surface area (Å²) in [7, 11) is 1.64. The van der Waals surface area contributed by atoms with Gasteiger partial charge in [-0.2, -0.15) is 0 Å². The van der Waals surface area contributed by atoms with E-state index in [1.807, 2.05) is 59.5 Å². The maximum absolute atomic E-state index is 12.8. The second kappa shape index (κ2) is 8.17. The number of carbonyl (C=O) groups is 1. The van der Waals surface area contributed by atoms with E-state index >= 15 is 0 Å². The molecule has 1 atom stereocenters. The fourth-order valence-electron chi connectivity index (χ4n) is 3.04. The zero-order valence-corrected chi connectivity index (χ0v) is 14.9. The predicted octanol–water partition coefficient (Wildman–Crippen LogP) is 4.04. The van der Waals surface area contributed by atoms with Gasteiger partial charge in [0.1, 0.15) is 12.4 Å². The Bertz CT molecular complexity index is 680. The van der Waals surface area contributed by atoms with E-state index in [1.54, 1.807) is 7.11 Å². The van der Waals surface area contributed by atoms with Crippen molar-refractivity contribution in [3.8, 4) is 5.75 Å². The topological polar surface area (TPSA) is 38.8 Å². The molecule has 0 saturated heterocycles. The molecule has 1 fully saturated rings. The Labute approximate surface area is 149 Å². The molecule has 0 bridgehead atoms. The molecule has 0 heterocycles. The van der Waals surface area contributed by atoms with Gasteiger partial charge in [0.05, 0.1) is 13.7 Å². The maximum atomic E-state index is 12.8. The highest BCUT2D eigenvalue weighted by molar-refractivity contribution is 5.95. The van der Waals surface area contributed by atoms with E-state index in [0.717, 1.165) is 17.0 Å². The van der Waals surface area contributed by atoms with Crippen LogP contribution in [0.5, 0.6) is 5.75 Å². The molecule has 0 radical (unpaired) electrons. The van der Waals surface area contributed by atoms with Crippen molar-refractivity contribution in [2.45, 2.75) is 32.4 Å². The molecule has 1 unspecified atom stereocenters. The lowest BCUT2D eigenvalue weighted by molar-refractivity contribution is -0.124. The van der Waals surface area contributed by atoms with Crippen molar-refractivity contribution in [2.75, 3.05) is 18.6 Å². The third kappa shape index (κ3) is 4.60. The number of rotatable bonds is 8. The lowest BCUT2D eigenvalue weighted by Crippen LogP contribution is -2.42. The summed E-state index contributed by atoms with van der Waals surface area (Å²) in [6.45, 7) is 2.65. The fourth-order valence-corrected chi connectivity index (χ4v) is 3.04. The largest absolute Gasteiger partial charge is 0.497 e. The standard InChI is InChI=1S/C21H25NO3/c1-16(18-8-9-18)22(19-10-12-20(24-2)13-11-19)21(23)15-25-14-17-6-4-3-5-7-17/h3-7,10-13,16,18H,8-9,14-15H2,1-2H3. The van der Waals surface area contributed by atoms with Gasteiger partial charge in [-0.05, 0) is 55.5 Å². The van der Waals surface area contributed by atoms with Gasteiger partial charge in [0.25, 0.3) is 5.91 Å². The average Bonchev–Trinajstić information content (AvgIpc) is 3.48. The van der Waals surface area contributed by atoms with Gasteiger partial charge in [0, 0.05) is 11.7 Å². The Kier molecular flexibility index (Phi) is 5.71. The molecule has 25 heavy (non-hydrogen) atoms. The first kappa shape index (κ1) is 17.5. The van der Waals surface area contributed by atoms with Gasteiger partial charge in [-0.15, -0.1) is 0 Å². The number of hydrogen-bond acceptors (Lipinski definition) is 3. The Morgan fingerprint density at radius 3 is 2.40 bits per heavy atom. The van der Waals surface area contributed by atoms with Crippen LogP contribution in [-0.2, 0) is 16.1 Å². The lowest BCUT2D eigenvalue weighted by atomic mass is 10.1. The normalized spacial score (nSPS) is 14.8. The third-order valence-electron chi connectivity index (χ3n) is 4.67. The molecule has 0 aliphatic heterocycles. The van der Waals surface area contributed by atoms with Crippen LogP contribution in [0.25, 0.3) is 0 Å². The van der Waals surface area contributed by atoms with E-state index in [2.05, 4.69) is 6.92 Å². The van der Waals surface area contributed by atoms with Crippen molar-refractivity contribution in [3.63, 3.8) is 0 Å². The first-order valence-corrected chi connectivity index (χ1v) is 8.77. The van der Waals surface area contributed by atoms with Gasteiger partial charge < -0.3 is 14.4 Å². The highest BCUT2D eigenvalue weighted by Crippen LogP contribution is 2.37. The number of methoxy groups -OCH3 is 1. The molecule has 4 nitrogen and oxygen atoms in total. The molecule has 0 spiro atoms. The van der Waals surface area contributed by atoms with Crippen LogP contribution in [0.15, 0.2) is 54.6 Å². The number of anilines is 1. The van der Waals surface area contributed by atoms with Crippen LogP contribution in [0.1, 0.15) is 25.3 Å². The SMILES string of the molecule is COc1ccc(N(C(=O)COCc2ccccc2)C(C)C2CC2)cc1. The van der Waals surface area contributed by atoms with Crippen LogP contribution in [0.3, 0.4) is 0 Å². The van der Waals surface area contributed by atoms with Crippen LogP contribution in [-0.4, -0.2) is 25.7 Å².